The van der Waals surface area contributed by atoms with E-state index in [0.717, 1.165) is 0 Å². The predicted octanol–water partition coefficient (Wildman–Crippen LogP) is 1.57. The number of rotatable bonds is 7. The summed E-state index contributed by atoms with van der Waals surface area (Å²) in [6.07, 6.45) is 0. The van der Waals surface area contributed by atoms with Gasteiger partial charge in [-0.1, -0.05) is 12.1 Å². The molecule has 3 rings (SSSR count). The molecule has 130 valence electrons. The third-order valence-corrected chi connectivity index (χ3v) is 3.42. The molecule has 1 aromatic carbocycles. The van der Waals surface area contributed by atoms with Crippen molar-refractivity contribution in [3.8, 4) is 11.3 Å². The molecule has 0 saturated carbocycles. The van der Waals surface area contributed by atoms with E-state index in [0.29, 0.717) is 36.7 Å². The van der Waals surface area contributed by atoms with Crippen molar-refractivity contribution in [2.45, 2.75) is 6.54 Å². The lowest BCUT2D eigenvalue weighted by molar-refractivity contribution is 0.0944. The summed E-state index contributed by atoms with van der Waals surface area (Å²) in [6.45, 7) is 1.29. The van der Waals surface area contributed by atoms with E-state index in [1.165, 1.54) is 6.07 Å². The maximum absolute atomic E-state index is 13.7. The fraction of sp³-hybridized carbons (Fsp3) is 0.188. The first-order valence-electron chi connectivity index (χ1n) is 7.55. The first-order chi connectivity index (χ1) is 12.1. The molecule has 0 aliphatic carbocycles. The normalized spacial score (nSPS) is 10.8. The Morgan fingerprint density at radius 1 is 1.16 bits per heavy atom. The Hall–Kier alpha value is -3.20. The summed E-state index contributed by atoms with van der Waals surface area (Å²) in [7, 11) is 0. The van der Waals surface area contributed by atoms with Crippen LogP contribution in [-0.4, -0.2) is 29.3 Å². The van der Waals surface area contributed by atoms with Gasteiger partial charge in [0.1, 0.15) is 17.3 Å². The number of nitrogens with one attached hydrogen (secondary N) is 2. The van der Waals surface area contributed by atoms with Crippen molar-refractivity contribution >= 4 is 11.7 Å². The van der Waals surface area contributed by atoms with E-state index in [-0.39, 0.29) is 17.3 Å². The Kier molecular flexibility index (Phi) is 5.05. The smallest absolute Gasteiger partial charge is 0.277 e. The highest BCUT2D eigenvalue weighted by atomic mass is 19.1. The average molecular weight is 345 g/mol. The van der Waals surface area contributed by atoms with Gasteiger partial charge in [0.25, 0.3) is 5.91 Å². The summed E-state index contributed by atoms with van der Waals surface area (Å²) in [6, 6.07) is 9.91. The molecule has 2 heterocycles. The van der Waals surface area contributed by atoms with Crippen LogP contribution >= 0.6 is 0 Å². The molecule has 8 nitrogen and oxygen atoms in total. The van der Waals surface area contributed by atoms with Gasteiger partial charge in [0.15, 0.2) is 0 Å². The van der Waals surface area contributed by atoms with Gasteiger partial charge < -0.3 is 20.8 Å². The number of nitrogen functional groups attached to an aromatic ring is 1. The first kappa shape index (κ1) is 16.7. The highest BCUT2D eigenvalue weighted by Crippen LogP contribution is 2.24. The maximum atomic E-state index is 13.7. The van der Waals surface area contributed by atoms with E-state index in [1.807, 2.05) is 0 Å². The molecule has 0 bridgehead atoms. The lowest BCUT2D eigenvalue weighted by atomic mass is 10.1. The number of nitrogens with zero attached hydrogens (tertiary/aromatic N) is 2. The van der Waals surface area contributed by atoms with Crippen molar-refractivity contribution in [1.82, 2.24) is 20.9 Å². The SMILES string of the molecule is Nc1nonc1C(=O)NCCNCc1ccc(-c2ccccc2F)o1. The molecule has 9 heteroatoms. The van der Waals surface area contributed by atoms with Crippen LogP contribution in [-0.2, 0) is 6.54 Å². The second-order valence-corrected chi connectivity index (χ2v) is 5.18. The molecule has 2 aromatic heterocycles. The largest absolute Gasteiger partial charge is 0.460 e. The fourth-order valence-electron chi connectivity index (χ4n) is 2.19. The second-order valence-electron chi connectivity index (χ2n) is 5.18. The summed E-state index contributed by atoms with van der Waals surface area (Å²) in [5.74, 6) is 0.287. The quantitative estimate of drug-likeness (QED) is 0.556. The highest BCUT2D eigenvalue weighted by molar-refractivity contribution is 5.95. The minimum Gasteiger partial charge on any atom is -0.460 e. The monoisotopic (exact) mass is 345 g/mol. The molecule has 1 amide bonds. The van der Waals surface area contributed by atoms with Crippen LogP contribution in [0.4, 0.5) is 10.2 Å². The van der Waals surface area contributed by atoms with Gasteiger partial charge in [0.05, 0.1) is 12.1 Å². The van der Waals surface area contributed by atoms with Crippen LogP contribution in [0, 0.1) is 5.82 Å². The molecular weight excluding hydrogens is 329 g/mol. The van der Waals surface area contributed by atoms with Gasteiger partial charge in [-0.2, -0.15) is 0 Å². The van der Waals surface area contributed by atoms with E-state index in [9.17, 15) is 9.18 Å². The topological polar surface area (TPSA) is 119 Å². The molecule has 0 radical (unpaired) electrons. The van der Waals surface area contributed by atoms with Crippen LogP contribution in [0.2, 0.25) is 0 Å². The number of carbonyl (C=O) groups excluding carboxylic acids is 1. The minimum atomic E-state index is -0.458. The number of carbonyl (C=O) groups is 1. The number of amides is 1. The van der Waals surface area contributed by atoms with Gasteiger partial charge in [-0.3, -0.25) is 4.79 Å². The van der Waals surface area contributed by atoms with Crippen LogP contribution in [0.25, 0.3) is 11.3 Å². The van der Waals surface area contributed by atoms with Gasteiger partial charge in [0.2, 0.25) is 11.5 Å². The summed E-state index contributed by atoms with van der Waals surface area (Å²) >= 11 is 0. The van der Waals surface area contributed by atoms with Crippen molar-refractivity contribution in [3.05, 3.63) is 53.7 Å². The van der Waals surface area contributed by atoms with Crippen molar-refractivity contribution in [1.29, 1.82) is 0 Å². The van der Waals surface area contributed by atoms with Crippen LogP contribution in [0.3, 0.4) is 0 Å². The van der Waals surface area contributed by atoms with Crippen molar-refractivity contribution in [2.75, 3.05) is 18.8 Å². The molecular formula is C16H16FN5O3. The van der Waals surface area contributed by atoms with Gasteiger partial charge in [-0.05, 0) is 34.6 Å². The standard InChI is InChI=1S/C16H16FN5O3/c17-12-4-2-1-3-11(12)13-6-5-10(24-13)9-19-7-8-20-16(23)14-15(18)22-25-21-14/h1-6,19H,7-9H2,(H2,18,22)(H,20,23). The van der Waals surface area contributed by atoms with Crippen molar-refractivity contribution < 1.29 is 18.2 Å². The molecule has 0 spiro atoms. The van der Waals surface area contributed by atoms with Crippen LogP contribution in [0.15, 0.2) is 45.4 Å². The molecule has 3 aromatic rings. The summed E-state index contributed by atoms with van der Waals surface area (Å²) < 4.78 is 23.7. The number of benzene rings is 1. The summed E-state index contributed by atoms with van der Waals surface area (Å²) in [4.78, 5) is 11.7. The molecule has 25 heavy (non-hydrogen) atoms. The third kappa shape index (κ3) is 4.01. The van der Waals surface area contributed by atoms with E-state index >= 15 is 0 Å². The average Bonchev–Trinajstić information content (AvgIpc) is 3.24. The van der Waals surface area contributed by atoms with Crippen molar-refractivity contribution in [3.63, 3.8) is 0 Å². The number of halogens is 1. The molecule has 0 aliphatic rings. The molecule has 0 unspecified atom stereocenters. The van der Waals surface area contributed by atoms with Crippen LogP contribution < -0.4 is 16.4 Å². The molecule has 0 saturated heterocycles. The lowest BCUT2D eigenvalue weighted by Gasteiger charge is -2.04. The second kappa shape index (κ2) is 7.58. The number of hydrogen-bond acceptors (Lipinski definition) is 7. The van der Waals surface area contributed by atoms with Gasteiger partial charge in [0, 0.05) is 13.1 Å². The Morgan fingerprint density at radius 3 is 2.76 bits per heavy atom. The van der Waals surface area contributed by atoms with Gasteiger partial charge >= 0.3 is 0 Å². The zero-order chi connectivity index (χ0) is 17.6. The first-order valence-corrected chi connectivity index (χ1v) is 7.55. The van der Waals surface area contributed by atoms with Gasteiger partial charge in [-0.15, -0.1) is 0 Å². The Bertz CT molecular complexity index is 861. The third-order valence-electron chi connectivity index (χ3n) is 3.42. The van der Waals surface area contributed by atoms with Gasteiger partial charge in [-0.25, -0.2) is 9.02 Å². The Morgan fingerprint density at radius 2 is 2.00 bits per heavy atom. The summed E-state index contributed by atoms with van der Waals surface area (Å²) in [5, 5.41) is 12.5. The zero-order valence-electron chi connectivity index (χ0n) is 13.2. The van der Waals surface area contributed by atoms with E-state index in [4.69, 9.17) is 10.2 Å². The lowest BCUT2D eigenvalue weighted by Crippen LogP contribution is -2.32. The van der Waals surface area contributed by atoms with E-state index in [2.05, 4.69) is 25.6 Å². The Balaban J connectivity index is 1.43. The zero-order valence-corrected chi connectivity index (χ0v) is 13.2. The highest BCUT2D eigenvalue weighted by Gasteiger charge is 2.15. The van der Waals surface area contributed by atoms with Crippen LogP contribution in [0.5, 0.6) is 0 Å². The number of anilines is 1. The minimum absolute atomic E-state index is 0.0411. The number of furan rings is 1. The van der Waals surface area contributed by atoms with Crippen molar-refractivity contribution in [2.24, 2.45) is 0 Å². The maximum Gasteiger partial charge on any atom is 0.277 e. The number of aromatic nitrogens is 2. The fourth-order valence-corrected chi connectivity index (χ4v) is 2.19. The molecule has 0 atom stereocenters. The summed E-state index contributed by atoms with van der Waals surface area (Å²) in [5.41, 5.74) is 5.80. The molecule has 4 N–H and O–H groups in total. The molecule has 0 aliphatic heterocycles. The number of hydrogen-bond donors (Lipinski definition) is 3. The number of nitrogens with two attached hydrogens (primary N) is 1. The predicted molar refractivity (Wildman–Crippen MR) is 86.9 cm³/mol. The van der Waals surface area contributed by atoms with E-state index < -0.39 is 5.91 Å². The van der Waals surface area contributed by atoms with E-state index in [1.54, 1.807) is 30.3 Å². The Labute approximate surface area is 142 Å². The molecule has 0 fully saturated rings. The van der Waals surface area contributed by atoms with Crippen LogP contribution in [0.1, 0.15) is 16.2 Å².